The first-order valence-corrected chi connectivity index (χ1v) is 11.3. The van der Waals surface area contributed by atoms with Crippen LogP contribution in [0.3, 0.4) is 0 Å². The minimum Gasteiger partial charge on any atom is -0.490 e. The molecule has 0 fully saturated rings. The third kappa shape index (κ3) is 8.35. The number of benzene rings is 3. The first kappa shape index (κ1) is 29.7. The average Bonchev–Trinajstić information content (AvgIpc) is 2.85. The van der Waals surface area contributed by atoms with E-state index < -0.39 is 54.7 Å². The second-order valence-corrected chi connectivity index (χ2v) is 8.03. The third-order valence-corrected chi connectivity index (χ3v) is 5.14. The highest BCUT2D eigenvalue weighted by Crippen LogP contribution is 2.38. The van der Waals surface area contributed by atoms with E-state index in [4.69, 9.17) is 4.74 Å². The van der Waals surface area contributed by atoms with E-state index in [1.807, 2.05) is 0 Å². The van der Waals surface area contributed by atoms with Crippen molar-refractivity contribution >= 4 is 29.5 Å². The average molecular weight is 568 g/mol. The van der Waals surface area contributed by atoms with Gasteiger partial charge in [0.05, 0.1) is 30.0 Å². The molecule has 0 atom stereocenters. The molecule has 2 amide bonds. The number of alkyl halides is 3. The fraction of sp³-hybridized carbons (Fsp3) is 0.111. The van der Waals surface area contributed by atoms with Gasteiger partial charge in [-0.3, -0.25) is 0 Å². The van der Waals surface area contributed by atoms with E-state index >= 15 is 0 Å². The summed E-state index contributed by atoms with van der Waals surface area (Å²) in [5.41, 5.74) is -1.41. The second-order valence-electron chi connectivity index (χ2n) is 8.03. The van der Waals surface area contributed by atoms with Gasteiger partial charge in [0, 0.05) is 11.6 Å². The topological polar surface area (TPSA) is 87.7 Å². The van der Waals surface area contributed by atoms with E-state index in [9.17, 15) is 45.4 Å². The highest BCUT2D eigenvalue weighted by atomic mass is 19.4. The molecule has 0 heterocycles. The van der Waals surface area contributed by atoms with Crippen LogP contribution in [0.4, 0.5) is 46.9 Å². The molecule has 0 aliphatic rings. The first-order valence-electron chi connectivity index (χ1n) is 11.3. The largest absolute Gasteiger partial charge is 0.490 e. The van der Waals surface area contributed by atoms with Crippen molar-refractivity contribution in [1.82, 2.24) is 0 Å². The number of rotatable bonds is 9. The molecule has 210 valence electrons. The van der Waals surface area contributed by atoms with Crippen LogP contribution in [0, 0.1) is 11.6 Å². The van der Waals surface area contributed by atoms with E-state index in [1.54, 1.807) is 0 Å². The summed E-state index contributed by atoms with van der Waals surface area (Å²) < 4.78 is 97.1. The van der Waals surface area contributed by atoms with Crippen molar-refractivity contribution in [1.29, 1.82) is 0 Å². The summed E-state index contributed by atoms with van der Waals surface area (Å²) >= 11 is 0. The molecule has 0 bridgehead atoms. The van der Waals surface area contributed by atoms with Gasteiger partial charge in [-0.1, -0.05) is 24.3 Å². The zero-order valence-corrected chi connectivity index (χ0v) is 20.2. The molecule has 6 nitrogen and oxygen atoms in total. The number of hydrogen-bond acceptors (Lipinski definition) is 3. The Kier molecular flexibility index (Phi) is 9.54. The molecule has 0 aliphatic heterocycles. The normalized spacial score (nSPS) is 11.3. The van der Waals surface area contributed by atoms with Crippen molar-refractivity contribution in [2.24, 2.45) is 0 Å². The van der Waals surface area contributed by atoms with Crippen LogP contribution in [0.5, 0.6) is 5.75 Å². The molecule has 0 saturated carbocycles. The number of hydrogen-bond donors (Lipinski definition) is 3. The Hall–Kier alpha value is -4.81. The summed E-state index contributed by atoms with van der Waals surface area (Å²) in [4.78, 5) is 24.5. The van der Waals surface area contributed by atoms with E-state index in [2.05, 4.69) is 10.6 Å². The van der Waals surface area contributed by atoms with E-state index in [-0.39, 0.29) is 33.6 Å². The van der Waals surface area contributed by atoms with Gasteiger partial charge >= 0.3 is 18.2 Å². The summed E-state index contributed by atoms with van der Waals surface area (Å²) in [5.74, 6) is -3.50. The van der Waals surface area contributed by atoms with Crippen LogP contribution < -0.4 is 15.4 Å². The number of carboxylic acids is 1. The number of ether oxygens (including phenoxy) is 1. The molecular formula is C27H19F7N2O4. The van der Waals surface area contributed by atoms with Crippen LogP contribution in [0.1, 0.15) is 22.3 Å². The van der Waals surface area contributed by atoms with Gasteiger partial charge in [-0.25, -0.2) is 18.4 Å². The lowest BCUT2D eigenvalue weighted by molar-refractivity contribution is -0.139. The molecule has 0 aliphatic carbocycles. The zero-order valence-electron chi connectivity index (χ0n) is 20.2. The summed E-state index contributed by atoms with van der Waals surface area (Å²) in [6, 6.07) is 8.95. The Morgan fingerprint density at radius 3 is 2.30 bits per heavy atom. The summed E-state index contributed by atoms with van der Waals surface area (Å²) in [7, 11) is 0. The molecule has 0 spiro atoms. The van der Waals surface area contributed by atoms with Crippen LogP contribution in [0.25, 0.3) is 17.2 Å². The van der Waals surface area contributed by atoms with E-state index in [1.165, 1.54) is 18.2 Å². The Morgan fingerprint density at radius 2 is 1.65 bits per heavy atom. The van der Waals surface area contributed by atoms with Gasteiger partial charge in [-0.15, -0.1) is 0 Å². The number of carbonyl (C=O) groups excluding carboxylic acids is 1. The fourth-order valence-electron chi connectivity index (χ4n) is 3.46. The molecule has 0 radical (unpaired) electrons. The minimum absolute atomic E-state index is 0.0642. The van der Waals surface area contributed by atoms with Crippen LogP contribution in [-0.4, -0.2) is 29.9 Å². The lowest BCUT2D eigenvalue weighted by Gasteiger charge is -2.19. The number of halogens is 7. The molecule has 13 heteroatoms. The number of carbonyl (C=O) groups is 2. The van der Waals surface area contributed by atoms with Gasteiger partial charge < -0.3 is 20.5 Å². The maximum absolute atomic E-state index is 14.1. The van der Waals surface area contributed by atoms with Gasteiger partial charge in [0.2, 0.25) is 0 Å². The van der Waals surface area contributed by atoms with Gasteiger partial charge in [0.1, 0.15) is 17.4 Å². The van der Waals surface area contributed by atoms with Crippen molar-refractivity contribution in [3.63, 3.8) is 0 Å². The number of para-hydroxylation sites is 1. The van der Waals surface area contributed by atoms with E-state index in [0.717, 1.165) is 48.6 Å². The third-order valence-electron chi connectivity index (χ3n) is 5.14. The number of anilines is 2. The van der Waals surface area contributed by atoms with Crippen molar-refractivity contribution in [2.45, 2.75) is 12.6 Å². The molecule has 3 aromatic carbocycles. The Labute approximate surface area is 222 Å². The van der Waals surface area contributed by atoms with Crippen molar-refractivity contribution in [3.05, 3.63) is 95.6 Å². The lowest BCUT2D eigenvalue weighted by atomic mass is 9.96. The van der Waals surface area contributed by atoms with Crippen LogP contribution >= 0.6 is 0 Å². The summed E-state index contributed by atoms with van der Waals surface area (Å²) in [6.07, 6.45) is -5.93. The number of allylic oxidation sites excluding steroid dienone is 2. The maximum Gasteiger partial charge on any atom is 0.392 e. The highest BCUT2D eigenvalue weighted by Gasteiger charge is 2.27. The number of aromatic carboxylic acids is 1. The predicted octanol–water partition coefficient (Wildman–Crippen LogP) is 8.10. The Bertz CT molecular complexity index is 1470. The second kappa shape index (κ2) is 12.8. The molecular weight excluding hydrogens is 549 g/mol. The Balaban J connectivity index is 2.17. The number of urea groups is 1. The molecule has 3 aromatic rings. The molecule has 40 heavy (non-hydrogen) atoms. The van der Waals surface area contributed by atoms with Crippen molar-refractivity contribution < 1.29 is 50.2 Å². The smallest absolute Gasteiger partial charge is 0.392 e. The van der Waals surface area contributed by atoms with Gasteiger partial charge in [-0.2, -0.15) is 22.0 Å². The SMILES string of the molecule is O=C(Nc1ccccc1F)Nc1cc(-c2cc(F)ccc2C(=O)O)cc(/C=C/C=C(F)F)c1OCCC(F)(F)F. The van der Waals surface area contributed by atoms with Gasteiger partial charge in [0.25, 0.3) is 6.08 Å². The molecule has 0 unspecified atom stereocenters. The van der Waals surface area contributed by atoms with Crippen molar-refractivity contribution in [3.8, 4) is 16.9 Å². The van der Waals surface area contributed by atoms with Gasteiger partial charge in [-0.05, 0) is 53.6 Å². The maximum atomic E-state index is 14.1. The van der Waals surface area contributed by atoms with Gasteiger partial charge in [0.15, 0.2) is 0 Å². The van der Waals surface area contributed by atoms with Crippen molar-refractivity contribution in [2.75, 3.05) is 17.2 Å². The lowest BCUT2D eigenvalue weighted by Crippen LogP contribution is -2.21. The zero-order chi connectivity index (χ0) is 29.4. The summed E-state index contributed by atoms with van der Waals surface area (Å²) in [5, 5.41) is 14.1. The number of nitrogens with one attached hydrogen (secondary N) is 2. The standard InChI is InChI=1S/C27H19F7N2O4/c28-17-8-9-18(25(37)38)19(14-17)16-12-15(4-3-7-23(30)31)24(40-11-10-27(32,33)34)22(13-16)36-26(39)35-21-6-2-1-5-20(21)29/h1-9,12-14H,10-11H2,(H,37,38)(H2,35,36,39)/b4-3+. The fourth-order valence-corrected chi connectivity index (χ4v) is 3.46. The monoisotopic (exact) mass is 568 g/mol. The molecule has 3 N–H and O–H groups in total. The van der Waals surface area contributed by atoms with Crippen LogP contribution in [0.15, 0.2) is 72.8 Å². The molecule has 3 rings (SSSR count). The Morgan fingerprint density at radius 1 is 0.950 bits per heavy atom. The van der Waals surface area contributed by atoms with Crippen LogP contribution in [0.2, 0.25) is 0 Å². The highest BCUT2D eigenvalue weighted by molar-refractivity contribution is 6.03. The quantitative estimate of drug-likeness (QED) is 0.180. The first-order chi connectivity index (χ1) is 18.8. The number of carboxylic acid groups (broad SMARTS) is 1. The summed E-state index contributed by atoms with van der Waals surface area (Å²) in [6.45, 7) is -0.944. The van der Waals surface area contributed by atoms with E-state index in [0.29, 0.717) is 6.08 Å². The molecule has 0 aromatic heterocycles. The van der Waals surface area contributed by atoms with Crippen LogP contribution in [-0.2, 0) is 0 Å². The minimum atomic E-state index is -4.62. The molecule has 0 saturated heterocycles. The number of amides is 2. The predicted molar refractivity (Wildman–Crippen MR) is 133 cm³/mol.